The molecule has 1 atom stereocenters. The third-order valence-corrected chi connectivity index (χ3v) is 3.19. The maximum absolute atomic E-state index is 12.1. The van der Waals surface area contributed by atoms with Gasteiger partial charge in [-0.15, -0.1) is 0 Å². The van der Waals surface area contributed by atoms with E-state index in [9.17, 15) is 14.4 Å². The van der Waals surface area contributed by atoms with Crippen LogP contribution in [0, 0.1) is 11.8 Å². The van der Waals surface area contributed by atoms with Crippen molar-refractivity contribution >= 4 is 17.8 Å². The Balaban J connectivity index is 2.63. The number of carbonyl (C=O) groups excluding carboxylic acids is 3. The minimum absolute atomic E-state index is 0.0938. The SMILES string of the molecule is CCCCCCN1C(=O)NC(=O)C(C(C)C)C1=O. The second-order valence-corrected chi connectivity index (χ2v) is 5.07. The van der Waals surface area contributed by atoms with Gasteiger partial charge in [-0.05, 0) is 12.3 Å². The van der Waals surface area contributed by atoms with E-state index in [4.69, 9.17) is 0 Å². The molecule has 0 bridgehead atoms. The molecule has 1 aliphatic heterocycles. The topological polar surface area (TPSA) is 66.5 Å². The van der Waals surface area contributed by atoms with Crippen molar-refractivity contribution in [1.82, 2.24) is 10.2 Å². The van der Waals surface area contributed by atoms with Crippen molar-refractivity contribution in [2.24, 2.45) is 11.8 Å². The molecule has 5 heteroatoms. The quantitative estimate of drug-likeness (QED) is 0.581. The van der Waals surface area contributed by atoms with Gasteiger partial charge in [0.2, 0.25) is 11.8 Å². The highest BCUT2D eigenvalue weighted by Gasteiger charge is 2.41. The van der Waals surface area contributed by atoms with Crippen molar-refractivity contribution in [1.29, 1.82) is 0 Å². The summed E-state index contributed by atoms with van der Waals surface area (Å²) in [5, 5.41) is 2.26. The van der Waals surface area contributed by atoms with E-state index in [2.05, 4.69) is 12.2 Å². The number of nitrogens with zero attached hydrogens (tertiary/aromatic N) is 1. The summed E-state index contributed by atoms with van der Waals surface area (Å²) in [6.45, 7) is 6.13. The zero-order valence-electron chi connectivity index (χ0n) is 11.4. The molecule has 0 saturated carbocycles. The molecule has 4 amide bonds. The summed E-state index contributed by atoms with van der Waals surface area (Å²) in [5.41, 5.74) is 0. The van der Waals surface area contributed by atoms with Crippen molar-refractivity contribution in [3.63, 3.8) is 0 Å². The number of barbiturate groups is 1. The highest BCUT2D eigenvalue weighted by molar-refractivity contribution is 6.16. The molecule has 18 heavy (non-hydrogen) atoms. The fourth-order valence-electron chi connectivity index (χ4n) is 2.13. The Morgan fingerprint density at radius 3 is 2.39 bits per heavy atom. The van der Waals surface area contributed by atoms with Gasteiger partial charge in [-0.1, -0.05) is 40.0 Å². The van der Waals surface area contributed by atoms with Gasteiger partial charge in [0, 0.05) is 6.54 Å². The van der Waals surface area contributed by atoms with Gasteiger partial charge in [0.15, 0.2) is 0 Å². The predicted octanol–water partition coefficient (Wildman–Crippen LogP) is 1.92. The molecule has 0 radical (unpaired) electrons. The number of hydrogen-bond donors (Lipinski definition) is 1. The molecule has 1 heterocycles. The van der Waals surface area contributed by atoms with Crippen molar-refractivity contribution in [3.8, 4) is 0 Å². The zero-order valence-corrected chi connectivity index (χ0v) is 11.4. The molecule has 1 N–H and O–H groups in total. The summed E-state index contributed by atoms with van der Waals surface area (Å²) < 4.78 is 0. The first-order valence-electron chi connectivity index (χ1n) is 6.65. The number of amides is 4. The van der Waals surface area contributed by atoms with Crippen molar-refractivity contribution < 1.29 is 14.4 Å². The average molecular weight is 254 g/mol. The number of rotatable bonds is 6. The van der Waals surface area contributed by atoms with Crippen molar-refractivity contribution in [2.75, 3.05) is 6.54 Å². The average Bonchev–Trinajstić information content (AvgIpc) is 2.26. The lowest BCUT2D eigenvalue weighted by molar-refractivity contribution is -0.144. The number of hydrogen-bond acceptors (Lipinski definition) is 3. The van der Waals surface area contributed by atoms with Gasteiger partial charge in [-0.2, -0.15) is 0 Å². The number of imide groups is 2. The fourth-order valence-corrected chi connectivity index (χ4v) is 2.13. The van der Waals surface area contributed by atoms with Gasteiger partial charge in [0.1, 0.15) is 5.92 Å². The van der Waals surface area contributed by atoms with Crippen LogP contribution in [-0.4, -0.2) is 29.3 Å². The highest BCUT2D eigenvalue weighted by atomic mass is 16.2. The number of unbranched alkanes of at least 4 members (excludes halogenated alkanes) is 3. The Labute approximate surface area is 108 Å². The lowest BCUT2D eigenvalue weighted by atomic mass is 9.92. The van der Waals surface area contributed by atoms with Crippen LogP contribution in [0.1, 0.15) is 46.5 Å². The normalized spacial score (nSPS) is 20.6. The van der Waals surface area contributed by atoms with Crippen LogP contribution in [0.3, 0.4) is 0 Å². The smallest absolute Gasteiger partial charge is 0.277 e. The van der Waals surface area contributed by atoms with Gasteiger partial charge in [-0.25, -0.2) is 4.79 Å². The molecule has 1 fully saturated rings. The molecule has 1 saturated heterocycles. The van der Waals surface area contributed by atoms with Gasteiger partial charge in [0.25, 0.3) is 0 Å². The van der Waals surface area contributed by atoms with Crippen LogP contribution in [-0.2, 0) is 9.59 Å². The summed E-state index contributed by atoms with van der Waals surface area (Å²) in [6.07, 6.45) is 3.99. The van der Waals surface area contributed by atoms with Gasteiger partial charge < -0.3 is 0 Å². The largest absolute Gasteiger partial charge is 0.330 e. The second-order valence-electron chi connectivity index (χ2n) is 5.07. The minimum Gasteiger partial charge on any atom is -0.277 e. The number of nitrogens with one attached hydrogen (secondary N) is 1. The molecular formula is C13H22N2O3. The van der Waals surface area contributed by atoms with E-state index in [1.165, 1.54) is 4.90 Å². The molecular weight excluding hydrogens is 232 g/mol. The first-order chi connectivity index (χ1) is 8.49. The highest BCUT2D eigenvalue weighted by Crippen LogP contribution is 2.19. The van der Waals surface area contributed by atoms with Crippen LogP contribution in [0.2, 0.25) is 0 Å². The zero-order chi connectivity index (χ0) is 13.7. The monoisotopic (exact) mass is 254 g/mol. The molecule has 5 nitrogen and oxygen atoms in total. The Morgan fingerprint density at radius 2 is 1.83 bits per heavy atom. The lowest BCUT2D eigenvalue weighted by Crippen LogP contribution is -2.59. The van der Waals surface area contributed by atoms with Gasteiger partial charge in [0.05, 0.1) is 0 Å². The van der Waals surface area contributed by atoms with Crippen LogP contribution in [0.15, 0.2) is 0 Å². The molecule has 0 aromatic rings. The van der Waals surface area contributed by atoms with Crippen LogP contribution >= 0.6 is 0 Å². The maximum atomic E-state index is 12.1. The van der Waals surface area contributed by atoms with E-state index in [0.717, 1.165) is 25.7 Å². The molecule has 1 aliphatic rings. The molecule has 0 aromatic heterocycles. The fraction of sp³-hybridized carbons (Fsp3) is 0.769. The summed E-state index contributed by atoms with van der Waals surface area (Å²) in [5.74, 6) is -1.64. The van der Waals surface area contributed by atoms with Crippen LogP contribution in [0.4, 0.5) is 4.79 Å². The summed E-state index contributed by atoms with van der Waals surface area (Å²) in [6, 6.07) is -0.571. The molecule has 0 spiro atoms. The maximum Gasteiger partial charge on any atom is 0.330 e. The van der Waals surface area contributed by atoms with E-state index in [-0.39, 0.29) is 11.8 Å². The number of carbonyl (C=O) groups is 3. The second kappa shape index (κ2) is 6.52. The van der Waals surface area contributed by atoms with E-state index >= 15 is 0 Å². The Bertz CT molecular complexity index is 339. The molecule has 1 rings (SSSR count). The molecule has 0 aliphatic carbocycles. The van der Waals surface area contributed by atoms with Crippen LogP contribution in [0.25, 0.3) is 0 Å². The minimum atomic E-state index is -0.728. The summed E-state index contributed by atoms with van der Waals surface area (Å²) >= 11 is 0. The first-order valence-corrected chi connectivity index (χ1v) is 6.65. The van der Waals surface area contributed by atoms with Crippen LogP contribution < -0.4 is 5.32 Å². The third kappa shape index (κ3) is 3.31. The van der Waals surface area contributed by atoms with Gasteiger partial charge in [-0.3, -0.25) is 19.8 Å². The first kappa shape index (κ1) is 14.7. The molecule has 102 valence electrons. The predicted molar refractivity (Wildman–Crippen MR) is 67.7 cm³/mol. The number of urea groups is 1. The Morgan fingerprint density at radius 1 is 1.17 bits per heavy atom. The summed E-state index contributed by atoms with van der Waals surface area (Å²) in [4.78, 5) is 36.5. The van der Waals surface area contributed by atoms with E-state index in [0.29, 0.717) is 6.54 Å². The van der Waals surface area contributed by atoms with E-state index in [1.807, 2.05) is 13.8 Å². The van der Waals surface area contributed by atoms with Crippen molar-refractivity contribution in [2.45, 2.75) is 46.5 Å². The van der Waals surface area contributed by atoms with E-state index < -0.39 is 17.9 Å². The Hall–Kier alpha value is -1.39. The molecule has 0 aromatic carbocycles. The summed E-state index contributed by atoms with van der Waals surface area (Å²) in [7, 11) is 0. The standard InChI is InChI=1S/C13H22N2O3/c1-4-5-6-7-8-15-12(17)10(9(2)3)11(16)14-13(15)18/h9-10H,4-8H2,1-3H3,(H,14,16,18). The van der Waals surface area contributed by atoms with Crippen LogP contribution in [0.5, 0.6) is 0 Å². The third-order valence-electron chi connectivity index (χ3n) is 3.19. The molecule has 1 unspecified atom stereocenters. The Kier molecular flexibility index (Phi) is 5.31. The van der Waals surface area contributed by atoms with E-state index in [1.54, 1.807) is 0 Å². The lowest BCUT2D eigenvalue weighted by Gasteiger charge is -2.31. The van der Waals surface area contributed by atoms with Gasteiger partial charge >= 0.3 is 6.03 Å². The van der Waals surface area contributed by atoms with Crippen molar-refractivity contribution in [3.05, 3.63) is 0 Å².